The molecule has 0 heterocycles. The Labute approximate surface area is 111 Å². The van der Waals surface area contributed by atoms with E-state index in [1.54, 1.807) is 12.1 Å². The Balaban J connectivity index is 1.79. The van der Waals surface area contributed by atoms with Crippen molar-refractivity contribution in [3.8, 4) is 0 Å². The molecule has 1 aromatic rings. The molecular weight excluding hydrogens is 246 g/mol. The van der Waals surface area contributed by atoms with Crippen molar-refractivity contribution in [2.75, 3.05) is 13.1 Å². The fraction of sp³-hybridized carbons (Fsp3) is 0.462. The number of hydrogen-bond donors (Lipinski definition) is 2. The lowest BCUT2D eigenvalue weighted by molar-refractivity contribution is -0.385. The summed E-state index contributed by atoms with van der Waals surface area (Å²) in [5, 5.41) is 16.8. The first-order chi connectivity index (χ1) is 9.18. The summed E-state index contributed by atoms with van der Waals surface area (Å²) in [6.07, 6.45) is 3.30. The van der Waals surface area contributed by atoms with E-state index < -0.39 is 10.8 Å². The van der Waals surface area contributed by atoms with Gasteiger partial charge in [-0.3, -0.25) is 14.9 Å². The van der Waals surface area contributed by atoms with Crippen LogP contribution in [-0.2, 0) is 0 Å². The normalized spacial score (nSPS) is 14.1. The van der Waals surface area contributed by atoms with Gasteiger partial charge in [0, 0.05) is 18.7 Å². The Hall–Kier alpha value is -1.95. The van der Waals surface area contributed by atoms with Crippen molar-refractivity contribution in [3.63, 3.8) is 0 Å². The van der Waals surface area contributed by atoms with Crippen molar-refractivity contribution in [2.45, 2.75) is 25.3 Å². The van der Waals surface area contributed by atoms with Gasteiger partial charge in [0.1, 0.15) is 5.56 Å². The molecule has 1 amide bonds. The highest BCUT2D eigenvalue weighted by Gasteiger charge is 2.20. The second-order valence-corrected chi connectivity index (χ2v) is 4.61. The summed E-state index contributed by atoms with van der Waals surface area (Å²) >= 11 is 0. The van der Waals surface area contributed by atoms with Crippen molar-refractivity contribution in [2.24, 2.45) is 0 Å². The van der Waals surface area contributed by atoms with Crippen LogP contribution in [0.4, 0.5) is 5.69 Å². The maximum absolute atomic E-state index is 11.8. The van der Waals surface area contributed by atoms with Crippen molar-refractivity contribution in [3.05, 3.63) is 39.9 Å². The number of carbonyl (C=O) groups is 1. The van der Waals surface area contributed by atoms with Gasteiger partial charge in [0.2, 0.25) is 0 Å². The summed E-state index contributed by atoms with van der Waals surface area (Å²) in [5.41, 5.74) is -0.0428. The average Bonchev–Trinajstić information content (AvgIpc) is 3.22. The van der Waals surface area contributed by atoms with Crippen LogP contribution in [0.5, 0.6) is 0 Å². The number of nitrogens with zero attached hydrogens (tertiary/aromatic N) is 1. The molecule has 0 atom stereocenters. The molecule has 0 aromatic heterocycles. The first-order valence-electron chi connectivity index (χ1n) is 6.43. The van der Waals surface area contributed by atoms with E-state index in [4.69, 9.17) is 0 Å². The van der Waals surface area contributed by atoms with Gasteiger partial charge in [-0.2, -0.15) is 0 Å². The summed E-state index contributed by atoms with van der Waals surface area (Å²) in [6, 6.07) is 6.63. The zero-order valence-electron chi connectivity index (χ0n) is 10.6. The van der Waals surface area contributed by atoms with E-state index in [0.717, 1.165) is 13.0 Å². The molecule has 0 unspecified atom stereocenters. The molecule has 1 aliphatic carbocycles. The van der Waals surface area contributed by atoms with Gasteiger partial charge in [-0.1, -0.05) is 12.1 Å². The number of para-hydroxylation sites is 1. The zero-order chi connectivity index (χ0) is 13.7. The van der Waals surface area contributed by atoms with Crippen LogP contribution in [0.2, 0.25) is 0 Å². The summed E-state index contributed by atoms with van der Waals surface area (Å²) in [5.74, 6) is -0.390. The fourth-order valence-corrected chi connectivity index (χ4v) is 1.80. The molecule has 1 aromatic carbocycles. The fourth-order valence-electron chi connectivity index (χ4n) is 1.80. The minimum absolute atomic E-state index is 0.114. The van der Waals surface area contributed by atoms with Crippen LogP contribution < -0.4 is 10.6 Å². The van der Waals surface area contributed by atoms with Gasteiger partial charge >= 0.3 is 0 Å². The zero-order valence-corrected chi connectivity index (χ0v) is 10.6. The van der Waals surface area contributed by atoms with Gasteiger partial charge in [-0.15, -0.1) is 0 Å². The van der Waals surface area contributed by atoms with E-state index in [-0.39, 0.29) is 11.3 Å². The maximum Gasteiger partial charge on any atom is 0.282 e. The van der Waals surface area contributed by atoms with E-state index in [2.05, 4.69) is 10.6 Å². The van der Waals surface area contributed by atoms with Crippen LogP contribution in [-0.4, -0.2) is 30.0 Å². The molecule has 0 spiro atoms. The summed E-state index contributed by atoms with van der Waals surface area (Å²) < 4.78 is 0. The van der Waals surface area contributed by atoms with Gasteiger partial charge in [-0.25, -0.2) is 0 Å². The minimum atomic E-state index is -0.538. The van der Waals surface area contributed by atoms with Gasteiger partial charge in [0.25, 0.3) is 11.6 Å². The van der Waals surface area contributed by atoms with Crippen molar-refractivity contribution < 1.29 is 9.72 Å². The molecule has 2 N–H and O–H groups in total. The van der Waals surface area contributed by atoms with Crippen molar-refractivity contribution >= 4 is 11.6 Å². The maximum atomic E-state index is 11.8. The van der Waals surface area contributed by atoms with E-state index in [9.17, 15) is 14.9 Å². The third-order valence-electron chi connectivity index (χ3n) is 2.99. The third kappa shape index (κ3) is 4.03. The molecule has 102 valence electrons. The van der Waals surface area contributed by atoms with Crippen LogP contribution in [0.25, 0.3) is 0 Å². The smallest absolute Gasteiger partial charge is 0.282 e. The van der Waals surface area contributed by atoms with Gasteiger partial charge < -0.3 is 10.6 Å². The van der Waals surface area contributed by atoms with Gasteiger partial charge in [-0.05, 0) is 31.9 Å². The van der Waals surface area contributed by atoms with Crippen LogP contribution in [0.15, 0.2) is 24.3 Å². The molecule has 6 nitrogen and oxygen atoms in total. The van der Waals surface area contributed by atoms with Gasteiger partial charge in [0.05, 0.1) is 4.92 Å². The first-order valence-corrected chi connectivity index (χ1v) is 6.43. The molecule has 0 aliphatic heterocycles. The molecule has 1 fully saturated rings. The number of nitro benzene ring substituents is 1. The Bertz CT molecular complexity index is 472. The molecular formula is C13H17N3O3. The second-order valence-electron chi connectivity index (χ2n) is 4.61. The molecule has 0 bridgehead atoms. The largest absolute Gasteiger partial charge is 0.352 e. The quantitative estimate of drug-likeness (QED) is 0.443. The Morgan fingerprint density at radius 2 is 2.05 bits per heavy atom. The topological polar surface area (TPSA) is 84.3 Å². The Morgan fingerprint density at radius 1 is 1.32 bits per heavy atom. The second kappa shape index (κ2) is 6.29. The number of benzene rings is 1. The predicted molar refractivity (Wildman–Crippen MR) is 71.1 cm³/mol. The molecule has 2 rings (SSSR count). The SMILES string of the molecule is O=C(NCCCNC1CC1)c1ccccc1[N+](=O)[O-]. The van der Waals surface area contributed by atoms with Crippen LogP contribution in [0.3, 0.4) is 0 Å². The number of amides is 1. The molecule has 0 saturated heterocycles. The van der Waals surface area contributed by atoms with Crippen LogP contribution in [0, 0.1) is 10.1 Å². The highest BCUT2D eigenvalue weighted by Crippen LogP contribution is 2.18. The number of nitro groups is 1. The van der Waals surface area contributed by atoms with Crippen LogP contribution in [0.1, 0.15) is 29.6 Å². The van der Waals surface area contributed by atoms with Crippen molar-refractivity contribution in [1.82, 2.24) is 10.6 Å². The third-order valence-corrected chi connectivity index (χ3v) is 2.99. The molecule has 6 heteroatoms. The van der Waals surface area contributed by atoms with Crippen molar-refractivity contribution in [1.29, 1.82) is 0 Å². The highest BCUT2D eigenvalue weighted by atomic mass is 16.6. The molecule has 19 heavy (non-hydrogen) atoms. The minimum Gasteiger partial charge on any atom is -0.352 e. The molecule has 1 aliphatic rings. The molecule has 1 saturated carbocycles. The highest BCUT2D eigenvalue weighted by molar-refractivity contribution is 5.98. The van der Waals surface area contributed by atoms with Gasteiger partial charge in [0.15, 0.2) is 0 Å². The van der Waals surface area contributed by atoms with E-state index in [1.807, 2.05) is 0 Å². The molecule has 0 radical (unpaired) electrons. The lowest BCUT2D eigenvalue weighted by Gasteiger charge is -2.06. The average molecular weight is 263 g/mol. The Morgan fingerprint density at radius 3 is 2.74 bits per heavy atom. The summed E-state index contributed by atoms with van der Waals surface area (Å²) in [6.45, 7) is 1.38. The Kier molecular flexibility index (Phi) is 4.46. The number of rotatable bonds is 7. The predicted octanol–water partition coefficient (Wildman–Crippen LogP) is 1.47. The summed E-state index contributed by atoms with van der Waals surface area (Å²) in [7, 11) is 0. The number of carbonyl (C=O) groups excluding carboxylic acids is 1. The lowest BCUT2D eigenvalue weighted by atomic mass is 10.1. The lowest BCUT2D eigenvalue weighted by Crippen LogP contribution is -2.28. The van der Waals surface area contributed by atoms with E-state index in [1.165, 1.54) is 25.0 Å². The number of hydrogen-bond acceptors (Lipinski definition) is 4. The van der Waals surface area contributed by atoms with E-state index in [0.29, 0.717) is 12.6 Å². The number of nitrogens with one attached hydrogen (secondary N) is 2. The van der Waals surface area contributed by atoms with E-state index >= 15 is 0 Å². The summed E-state index contributed by atoms with van der Waals surface area (Å²) in [4.78, 5) is 22.1. The van der Waals surface area contributed by atoms with Crippen LogP contribution >= 0.6 is 0 Å². The monoisotopic (exact) mass is 263 g/mol. The first kappa shape index (κ1) is 13.5. The standard InChI is InChI=1S/C13H17N3O3/c17-13(15-9-3-8-14-10-6-7-10)11-4-1-2-5-12(11)16(18)19/h1-2,4-5,10,14H,3,6-9H2,(H,15,17).